The van der Waals surface area contributed by atoms with Crippen LogP contribution in [-0.4, -0.2) is 47.0 Å². The third-order valence-electron chi connectivity index (χ3n) is 3.58. The van der Waals surface area contributed by atoms with Crippen molar-refractivity contribution in [1.82, 2.24) is 9.78 Å². The van der Waals surface area contributed by atoms with E-state index >= 15 is 0 Å². The molecular weight excluding hydrogens is 250 g/mol. The Balaban J connectivity index is 2.23. The van der Waals surface area contributed by atoms with E-state index in [0.717, 1.165) is 12.8 Å². The first-order chi connectivity index (χ1) is 9.04. The molecule has 0 spiro atoms. The topological polar surface area (TPSA) is 99.5 Å². The third kappa shape index (κ3) is 2.69. The Hall–Kier alpha value is -1.67. The molecule has 0 aromatic carbocycles. The molecular formula is C11H19N5O3. The molecule has 1 aromatic heterocycles. The fraction of sp³-hybridized carbons (Fsp3) is 0.727. The molecule has 2 rings (SSSR count). The van der Waals surface area contributed by atoms with Crippen molar-refractivity contribution in [2.24, 2.45) is 12.8 Å². The van der Waals surface area contributed by atoms with E-state index in [1.807, 2.05) is 4.90 Å². The van der Waals surface area contributed by atoms with Crippen LogP contribution in [0, 0.1) is 10.1 Å². The summed E-state index contributed by atoms with van der Waals surface area (Å²) in [5, 5.41) is 15.0. The van der Waals surface area contributed by atoms with Gasteiger partial charge in [-0.2, -0.15) is 5.10 Å². The van der Waals surface area contributed by atoms with Crippen molar-refractivity contribution in [1.29, 1.82) is 0 Å². The van der Waals surface area contributed by atoms with Crippen LogP contribution in [0.3, 0.4) is 0 Å². The Labute approximate surface area is 111 Å². The van der Waals surface area contributed by atoms with Crippen LogP contribution in [0.5, 0.6) is 0 Å². The predicted molar refractivity (Wildman–Crippen MR) is 70.1 cm³/mol. The molecule has 106 valence electrons. The van der Waals surface area contributed by atoms with E-state index in [9.17, 15) is 10.1 Å². The van der Waals surface area contributed by atoms with Gasteiger partial charge < -0.3 is 15.4 Å². The number of aromatic nitrogens is 2. The maximum atomic E-state index is 11.0. The van der Waals surface area contributed by atoms with Crippen LogP contribution < -0.4 is 10.6 Å². The molecule has 2 unspecified atom stereocenters. The first-order valence-electron chi connectivity index (χ1n) is 6.24. The average molecular weight is 269 g/mol. The Bertz CT molecular complexity index is 461. The Morgan fingerprint density at radius 1 is 1.53 bits per heavy atom. The van der Waals surface area contributed by atoms with Gasteiger partial charge in [-0.3, -0.25) is 10.1 Å². The molecule has 2 heterocycles. The number of methoxy groups -OCH3 is 1. The summed E-state index contributed by atoms with van der Waals surface area (Å²) in [4.78, 5) is 12.6. The molecule has 8 nitrogen and oxygen atoms in total. The van der Waals surface area contributed by atoms with E-state index in [1.54, 1.807) is 14.2 Å². The number of hydrogen-bond donors (Lipinski definition) is 1. The van der Waals surface area contributed by atoms with E-state index in [0.29, 0.717) is 18.9 Å². The SMILES string of the molecule is COC1CCN(c2c([N+](=O)[O-])cnn2C)CCC1N. The second kappa shape index (κ2) is 5.54. The van der Waals surface area contributed by atoms with Gasteiger partial charge in [-0.25, -0.2) is 4.68 Å². The summed E-state index contributed by atoms with van der Waals surface area (Å²) in [5.41, 5.74) is 6.07. The molecule has 1 aliphatic rings. The normalized spacial score (nSPS) is 24.3. The van der Waals surface area contributed by atoms with Crippen molar-refractivity contribution in [3.8, 4) is 0 Å². The lowest BCUT2D eigenvalue weighted by Crippen LogP contribution is -2.35. The molecule has 1 fully saturated rings. The summed E-state index contributed by atoms with van der Waals surface area (Å²) in [5.74, 6) is 0.536. The van der Waals surface area contributed by atoms with E-state index in [4.69, 9.17) is 10.5 Å². The van der Waals surface area contributed by atoms with Gasteiger partial charge in [0, 0.05) is 33.3 Å². The van der Waals surface area contributed by atoms with Crippen molar-refractivity contribution in [2.45, 2.75) is 25.0 Å². The molecule has 0 amide bonds. The lowest BCUT2D eigenvalue weighted by atomic mass is 10.1. The zero-order valence-electron chi connectivity index (χ0n) is 11.2. The second-order valence-electron chi connectivity index (χ2n) is 4.74. The van der Waals surface area contributed by atoms with Gasteiger partial charge in [0.05, 0.1) is 11.0 Å². The van der Waals surface area contributed by atoms with Gasteiger partial charge in [-0.15, -0.1) is 0 Å². The molecule has 0 saturated carbocycles. The standard InChI is InChI=1S/C11H19N5O3/c1-14-11(9(7-13-14)16(17)18)15-5-3-8(12)10(19-2)4-6-15/h7-8,10H,3-6,12H2,1-2H3. The first kappa shape index (κ1) is 13.8. The van der Waals surface area contributed by atoms with Crippen molar-refractivity contribution >= 4 is 11.5 Å². The van der Waals surface area contributed by atoms with Gasteiger partial charge >= 0.3 is 5.69 Å². The Morgan fingerprint density at radius 3 is 2.84 bits per heavy atom. The van der Waals surface area contributed by atoms with Gasteiger partial charge in [-0.1, -0.05) is 0 Å². The lowest BCUT2D eigenvalue weighted by Gasteiger charge is -2.21. The highest BCUT2D eigenvalue weighted by Gasteiger charge is 2.29. The molecule has 0 bridgehead atoms. The zero-order valence-corrected chi connectivity index (χ0v) is 11.2. The van der Waals surface area contributed by atoms with Crippen LogP contribution in [0.2, 0.25) is 0 Å². The fourth-order valence-electron chi connectivity index (χ4n) is 2.52. The molecule has 2 N–H and O–H groups in total. The zero-order chi connectivity index (χ0) is 14.0. The molecule has 1 aliphatic heterocycles. The highest BCUT2D eigenvalue weighted by Crippen LogP contribution is 2.29. The van der Waals surface area contributed by atoms with E-state index in [-0.39, 0.29) is 17.8 Å². The van der Waals surface area contributed by atoms with Gasteiger partial charge in [0.2, 0.25) is 5.82 Å². The number of hydrogen-bond acceptors (Lipinski definition) is 6. The van der Waals surface area contributed by atoms with Crippen molar-refractivity contribution < 1.29 is 9.66 Å². The van der Waals surface area contributed by atoms with E-state index in [2.05, 4.69) is 5.10 Å². The number of anilines is 1. The highest BCUT2D eigenvalue weighted by atomic mass is 16.6. The fourth-order valence-corrected chi connectivity index (χ4v) is 2.52. The Morgan fingerprint density at radius 2 is 2.21 bits per heavy atom. The smallest absolute Gasteiger partial charge is 0.331 e. The van der Waals surface area contributed by atoms with Crippen LogP contribution in [0.25, 0.3) is 0 Å². The van der Waals surface area contributed by atoms with E-state index in [1.165, 1.54) is 10.9 Å². The second-order valence-corrected chi connectivity index (χ2v) is 4.74. The van der Waals surface area contributed by atoms with Gasteiger partial charge in [0.15, 0.2) is 0 Å². The first-order valence-corrected chi connectivity index (χ1v) is 6.24. The number of aryl methyl sites for hydroxylation is 1. The summed E-state index contributed by atoms with van der Waals surface area (Å²) in [6.45, 7) is 1.34. The number of ether oxygens (including phenoxy) is 1. The molecule has 0 aliphatic carbocycles. The molecule has 19 heavy (non-hydrogen) atoms. The van der Waals surface area contributed by atoms with Crippen LogP contribution >= 0.6 is 0 Å². The third-order valence-corrected chi connectivity index (χ3v) is 3.58. The summed E-state index contributed by atoms with van der Waals surface area (Å²) in [6, 6.07) is -0.0396. The molecule has 8 heteroatoms. The lowest BCUT2D eigenvalue weighted by molar-refractivity contribution is -0.384. The van der Waals surface area contributed by atoms with Crippen LogP contribution in [0.4, 0.5) is 11.5 Å². The molecule has 2 atom stereocenters. The number of nitro groups is 1. The summed E-state index contributed by atoms with van der Waals surface area (Å²) >= 11 is 0. The maximum absolute atomic E-state index is 11.0. The van der Waals surface area contributed by atoms with Crippen molar-refractivity contribution in [3.05, 3.63) is 16.3 Å². The summed E-state index contributed by atoms with van der Waals surface area (Å²) in [6.07, 6.45) is 2.77. The van der Waals surface area contributed by atoms with Gasteiger partial charge in [0.25, 0.3) is 0 Å². The maximum Gasteiger partial charge on any atom is 0.331 e. The van der Waals surface area contributed by atoms with Gasteiger partial charge in [-0.05, 0) is 12.8 Å². The minimum atomic E-state index is -0.402. The van der Waals surface area contributed by atoms with Gasteiger partial charge in [0.1, 0.15) is 6.20 Å². The number of nitrogens with zero attached hydrogens (tertiary/aromatic N) is 4. The molecule has 1 saturated heterocycles. The van der Waals surface area contributed by atoms with Crippen LogP contribution in [-0.2, 0) is 11.8 Å². The van der Waals surface area contributed by atoms with Crippen molar-refractivity contribution in [2.75, 3.05) is 25.1 Å². The minimum Gasteiger partial charge on any atom is -0.380 e. The number of nitrogens with two attached hydrogens (primary N) is 1. The summed E-state index contributed by atoms with van der Waals surface area (Å²) < 4.78 is 6.89. The quantitative estimate of drug-likeness (QED) is 0.624. The molecule has 1 aromatic rings. The molecule has 0 radical (unpaired) electrons. The summed E-state index contributed by atoms with van der Waals surface area (Å²) in [7, 11) is 3.35. The monoisotopic (exact) mass is 269 g/mol. The highest BCUT2D eigenvalue weighted by molar-refractivity contribution is 5.57. The largest absolute Gasteiger partial charge is 0.380 e. The minimum absolute atomic E-state index is 0.00252. The van der Waals surface area contributed by atoms with Crippen molar-refractivity contribution in [3.63, 3.8) is 0 Å². The Kier molecular flexibility index (Phi) is 4.01. The van der Waals surface area contributed by atoms with Crippen LogP contribution in [0.1, 0.15) is 12.8 Å². The van der Waals surface area contributed by atoms with E-state index < -0.39 is 4.92 Å². The number of rotatable bonds is 3. The predicted octanol–water partition coefficient (Wildman–Crippen LogP) is 0.271. The van der Waals surface area contributed by atoms with Crippen LogP contribution in [0.15, 0.2) is 6.20 Å². The average Bonchev–Trinajstić information content (AvgIpc) is 2.65.